The molecule has 0 aliphatic heterocycles. The number of rotatable bonds is 8. The van der Waals surface area contributed by atoms with Crippen LogP contribution < -0.4 is 15.4 Å². The summed E-state index contributed by atoms with van der Waals surface area (Å²) in [6.45, 7) is 0. The van der Waals surface area contributed by atoms with Gasteiger partial charge < -0.3 is 15.4 Å². The molecule has 0 saturated heterocycles. The second kappa shape index (κ2) is 9.52. The highest BCUT2D eigenvalue weighted by molar-refractivity contribution is 6.33. The molecule has 32 heavy (non-hydrogen) atoms. The Hall–Kier alpha value is -3.20. The van der Waals surface area contributed by atoms with E-state index in [1.54, 1.807) is 18.6 Å². The lowest BCUT2D eigenvalue weighted by Crippen LogP contribution is -2.20. The maximum Gasteiger partial charge on any atom is 0.254 e. The van der Waals surface area contributed by atoms with E-state index in [-0.39, 0.29) is 28.3 Å². The van der Waals surface area contributed by atoms with Crippen molar-refractivity contribution in [1.82, 2.24) is 25.1 Å². The summed E-state index contributed by atoms with van der Waals surface area (Å²) >= 11 is 6.31. The van der Waals surface area contributed by atoms with Crippen LogP contribution in [0.25, 0.3) is 0 Å². The number of aryl methyl sites for hydroxylation is 1. The molecule has 1 fully saturated rings. The average Bonchev–Trinajstić information content (AvgIpc) is 3.20. The third-order valence-corrected chi connectivity index (χ3v) is 6.04. The summed E-state index contributed by atoms with van der Waals surface area (Å²) in [5, 5.41) is 10.1. The highest BCUT2D eigenvalue weighted by Crippen LogP contribution is 2.34. The van der Waals surface area contributed by atoms with Crippen molar-refractivity contribution in [3.05, 3.63) is 58.4 Å². The summed E-state index contributed by atoms with van der Waals surface area (Å²) in [6, 6.07) is 1.79. The quantitative estimate of drug-likeness (QED) is 0.528. The van der Waals surface area contributed by atoms with Crippen molar-refractivity contribution in [1.29, 1.82) is 0 Å². The number of hydrogen-bond donors (Lipinski definition) is 2. The van der Waals surface area contributed by atoms with Crippen LogP contribution in [0.15, 0.2) is 30.9 Å². The largest absolute Gasteiger partial charge is 0.495 e. The van der Waals surface area contributed by atoms with Gasteiger partial charge in [0.1, 0.15) is 11.6 Å². The normalized spacial score (nSPS) is 13.5. The second-order valence-corrected chi connectivity index (χ2v) is 8.02. The molecular weight excluding hydrogens is 435 g/mol. The van der Waals surface area contributed by atoms with Gasteiger partial charge in [0.15, 0.2) is 0 Å². The van der Waals surface area contributed by atoms with Crippen molar-refractivity contribution in [3.8, 4) is 5.75 Å². The molecule has 0 radical (unpaired) electrons. The molecule has 1 aromatic carbocycles. The maximum absolute atomic E-state index is 14.9. The van der Waals surface area contributed by atoms with E-state index in [1.165, 1.54) is 26.6 Å². The zero-order chi connectivity index (χ0) is 22.7. The number of carbonyl (C=O) groups excluding carboxylic acids is 1. The molecule has 2 N–H and O–H groups in total. The number of methoxy groups -OCH3 is 1. The van der Waals surface area contributed by atoms with Crippen LogP contribution in [0.4, 0.5) is 16.0 Å². The Kier molecular flexibility index (Phi) is 6.55. The van der Waals surface area contributed by atoms with E-state index >= 15 is 0 Å². The van der Waals surface area contributed by atoms with Gasteiger partial charge in [-0.3, -0.25) is 9.48 Å². The van der Waals surface area contributed by atoms with E-state index < -0.39 is 11.7 Å². The fourth-order valence-corrected chi connectivity index (χ4v) is 3.84. The van der Waals surface area contributed by atoms with Gasteiger partial charge in [0, 0.05) is 31.2 Å². The molecule has 1 saturated carbocycles. The summed E-state index contributed by atoms with van der Waals surface area (Å²) in [5.41, 5.74) is 1.74. The van der Waals surface area contributed by atoms with Crippen LogP contribution in [0.3, 0.4) is 0 Å². The number of nitrogens with zero attached hydrogens (tertiary/aromatic N) is 4. The topological polar surface area (TPSA) is 94.0 Å². The van der Waals surface area contributed by atoms with Crippen molar-refractivity contribution < 1.29 is 13.9 Å². The van der Waals surface area contributed by atoms with Gasteiger partial charge in [-0.2, -0.15) is 5.10 Å². The van der Waals surface area contributed by atoms with Crippen molar-refractivity contribution in [2.45, 2.75) is 38.1 Å². The first-order valence-corrected chi connectivity index (χ1v) is 10.8. The van der Waals surface area contributed by atoms with E-state index in [4.69, 9.17) is 16.3 Å². The molecule has 2 heterocycles. The zero-order valence-corrected chi connectivity index (χ0v) is 18.6. The maximum atomic E-state index is 14.9. The van der Waals surface area contributed by atoms with E-state index in [9.17, 15) is 9.18 Å². The van der Waals surface area contributed by atoms with Gasteiger partial charge in [-0.25, -0.2) is 14.4 Å². The lowest BCUT2D eigenvalue weighted by atomic mass is 9.93. The fraction of sp³-hybridized carbons (Fsp3) is 0.364. The minimum atomic E-state index is -0.655. The SMILES string of the molecule is CNC(=O)c1cc(OC)c(Cl)c(CCc2cnc(Nc3cnn(C4CCC4)c3)nc2)c1F. The van der Waals surface area contributed by atoms with Crippen molar-refractivity contribution in [2.75, 3.05) is 19.5 Å². The molecule has 0 bridgehead atoms. The molecule has 4 rings (SSSR count). The van der Waals surface area contributed by atoms with Crippen LogP contribution in [0, 0.1) is 5.82 Å². The lowest BCUT2D eigenvalue weighted by molar-refractivity contribution is 0.0958. The smallest absolute Gasteiger partial charge is 0.254 e. The van der Waals surface area contributed by atoms with Gasteiger partial charge in [-0.1, -0.05) is 11.6 Å². The number of anilines is 2. The van der Waals surface area contributed by atoms with Gasteiger partial charge >= 0.3 is 0 Å². The van der Waals surface area contributed by atoms with E-state index in [0.717, 1.165) is 24.1 Å². The molecule has 8 nitrogen and oxygen atoms in total. The first kappa shape index (κ1) is 22.0. The molecule has 0 spiro atoms. The van der Waals surface area contributed by atoms with Crippen LogP contribution >= 0.6 is 11.6 Å². The van der Waals surface area contributed by atoms with E-state index in [0.29, 0.717) is 18.4 Å². The molecule has 1 aliphatic carbocycles. The molecule has 0 unspecified atom stereocenters. The Morgan fingerprint density at radius 1 is 1.28 bits per heavy atom. The van der Waals surface area contributed by atoms with Gasteiger partial charge in [-0.05, 0) is 43.7 Å². The summed E-state index contributed by atoms with van der Waals surface area (Å²) in [6.07, 6.45) is 11.3. The number of nitrogens with one attached hydrogen (secondary N) is 2. The number of ether oxygens (including phenoxy) is 1. The monoisotopic (exact) mass is 458 g/mol. The third-order valence-electron chi connectivity index (χ3n) is 5.63. The first-order chi connectivity index (χ1) is 15.5. The van der Waals surface area contributed by atoms with Crippen LogP contribution in [-0.2, 0) is 12.8 Å². The molecular formula is C22H24ClFN6O2. The van der Waals surface area contributed by atoms with E-state index in [1.807, 2.05) is 10.9 Å². The standard InChI is InChI=1S/C22H24ClFN6O2/c1-25-21(31)17-8-18(32-2)19(23)16(20(17)24)7-6-13-9-26-22(27-10-13)29-14-11-28-30(12-14)15-4-3-5-15/h8-12,15H,3-7H2,1-2H3,(H,25,31)(H,26,27,29). The third kappa shape index (κ3) is 4.52. The van der Waals surface area contributed by atoms with Crippen LogP contribution in [0.5, 0.6) is 5.75 Å². The summed E-state index contributed by atoms with van der Waals surface area (Å²) in [7, 11) is 2.86. The van der Waals surface area contributed by atoms with Crippen LogP contribution in [0.2, 0.25) is 5.02 Å². The molecule has 1 amide bonds. The predicted octanol–water partition coefficient (Wildman–Crippen LogP) is 4.09. The van der Waals surface area contributed by atoms with E-state index in [2.05, 4.69) is 25.7 Å². The highest BCUT2D eigenvalue weighted by Gasteiger charge is 2.22. The van der Waals surface area contributed by atoms with Gasteiger partial charge in [-0.15, -0.1) is 0 Å². The van der Waals surface area contributed by atoms with Crippen molar-refractivity contribution in [3.63, 3.8) is 0 Å². The Labute approximate surface area is 190 Å². The number of aromatic nitrogens is 4. The van der Waals surface area contributed by atoms with Crippen molar-refractivity contribution in [2.24, 2.45) is 0 Å². The number of halogens is 2. The number of amides is 1. The van der Waals surface area contributed by atoms with Crippen molar-refractivity contribution >= 4 is 29.1 Å². The summed E-state index contributed by atoms with van der Waals surface area (Å²) < 4.78 is 22.1. The molecule has 2 aromatic heterocycles. The Morgan fingerprint density at radius 3 is 2.66 bits per heavy atom. The second-order valence-electron chi connectivity index (χ2n) is 7.65. The fourth-order valence-electron chi connectivity index (χ4n) is 3.53. The summed E-state index contributed by atoms with van der Waals surface area (Å²) in [5.74, 6) is -0.495. The number of benzene rings is 1. The van der Waals surface area contributed by atoms with Gasteiger partial charge in [0.2, 0.25) is 5.95 Å². The Balaban J connectivity index is 1.44. The lowest BCUT2D eigenvalue weighted by Gasteiger charge is -2.25. The molecule has 3 aromatic rings. The molecule has 10 heteroatoms. The Bertz CT molecular complexity index is 1110. The minimum Gasteiger partial charge on any atom is -0.495 e. The zero-order valence-electron chi connectivity index (χ0n) is 17.9. The number of hydrogen-bond acceptors (Lipinski definition) is 6. The number of carbonyl (C=O) groups is 1. The highest BCUT2D eigenvalue weighted by atomic mass is 35.5. The Morgan fingerprint density at radius 2 is 2.03 bits per heavy atom. The van der Waals surface area contributed by atoms with Gasteiger partial charge in [0.05, 0.1) is 35.6 Å². The van der Waals surface area contributed by atoms with Crippen LogP contribution in [0.1, 0.15) is 46.8 Å². The minimum absolute atomic E-state index is 0.109. The molecule has 168 valence electrons. The van der Waals surface area contributed by atoms with Crippen LogP contribution in [-0.4, -0.2) is 39.8 Å². The first-order valence-electron chi connectivity index (χ1n) is 10.4. The van der Waals surface area contributed by atoms with Gasteiger partial charge in [0.25, 0.3) is 5.91 Å². The predicted molar refractivity (Wildman–Crippen MR) is 119 cm³/mol. The summed E-state index contributed by atoms with van der Waals surface area (Å²) in [4.78, 5) is 20.7. The average molecular weight is 459 g/mol. The molecule has 0 atom stereocenters. The molecule has 1 aliphatic rings.